The second-order valence-electron chi connectivity index (χ2n) is 7.44. The van der Waals surface area contributed by atoms with Crippen molar-refractivity contribution in [3.63, 3.8) is 0 Å². The molecule has 36 heavy (non-hydrogen) atoms. The minimum atomic E-state index is -0.721. The van der Waals surface area contributed by atoms with Crippen molar-refractivity contribution < 1.29 is 28.9 Å². The molecule has 4 aromatic rings. The zero-order valence-electron chi connectivity index (χ0n) is 18.4. The van der Waals surface area contributed by atoms with E-state index in [0.717, 1.165) is 23.3 Å². The lowest BCUT2D eigenvalue weighted by molar-refractivity contribution is -0.385. The van der Waals surface area contributed by atoms with E-state index in [1.54, 1.807) is 48.5 Å². The van der Waals surface area contributed by atoms with Crippen LogP contribution in [0.4, 0.5) is 11.4 Å². The van der Waals surface area contributed by atoms with Crippen molar-refractivity contribution in [1.82, 2.24) is 0 Å². The molecule has 10 heteroatoms. The molecule has 0 radical (unpaired) electrons. The standard InChI is InChI=1S/C26H16N2O8/c29-25(19-3-1-5-21(15-19)27(31)32)35-23-11-7-17(8-12-23)18-9-13-24(14-10-18)36-26(30)20-4-2-6-22(16-20)28(33)34/h1-16H. The summed E-state index contributed by atoms with van der Waals surface area (Å²) in [4.78, 5) is 45.2. The Labute approximate surface area is 203 Å². The molecule has 0 saturated heterocycles. The van der Waals surface area contributed by atoms with Gasteiger partial charge in [0.15, 0.2) is 0 Å². The number of rotatable bonds is 7. The van der Waals surface area contributed by atoms with Crippen molar-refractivity contribution >= 4 is 23.3 Å². The van der Waals surface area contributed by atoms with E-state index in [-0.39, 0.29) is 34.0 Å². The van der Waals surface area contributed by atoms with Gasteiger partial charge >= 0.3 is 11.9 Å². The molecule has 0 saturated carbocycles. The van der Waals surface area contributed by atoms with Gasteiger partial charge in [-0.2, -0.15) is 0 Å². The van der Waals surface area contributed by atoms with E-state index >= 15 is 0 Å². The van der Waals surface area contributed by atoms with E-state index in [9.17, 15) is 29.8 Å². The first-order valence-corrected chi connectivity index (χ1v) is 10.4. The number of carbonyl (C=O) groups is 2. The number of nitro groups is 2. The Morgan fingerprint density at radius 1 is 0.556 bits per heavy atom. The average Bonchev–Trinajstić information content (AvgIpc) is 2.89. The normalized spacial score (nSPS) is 10.3. The van der Waals surface area contributed by atoms with Crippen LogP contribution in [0, 0.1) is 20.2 Å². The van der Waals surface area contributed by atoms with Gasteiger partial charge in [0.2, 0.25) is 0 Å². The molecule has 0 heterocycles. The van der Waals surface area contributed by atoms with E-state index in [0.29, 0.717) is 0 Å². The van der Waals surface area contributed by atoms with Crippen molar-refractivity contribution in [2.24, 2.45) is 0 Å². The molecular weight excluding hydrogens is 468 g/mol. The van der Waals surface area contributed by atoms with Crippen molar-refractivity contribution in [3.05, 3.63) is 128 Å². The fourth-order valence-electron chi connectivity index (χ4n) is 3.26. The number of ether oxygens (including phenoxy) is 2. The van der Waals surface area contributed by atoms with E-state index < -0.39 is 21.8 Å². The number of esters is 2. The highest BCUT2D eigenvalue weighted by Crippen LogP contribution is 2.26. The Bertz CT molecular complexity index is 1350. The first kappa shape index (κ1) is 23.8. The quantitative estimate of drug-likeness (QED) is 0.143. The third-order valence-corrected chi connectivity index (χ3v) is 5.05. The second-order valence-corrected chi connectivity index (χ2v) is 7.44. The summed E-state index contributed by atoms with van der Waals surface area (Å²) in [5, 5.41) is 21.8. The third kappa shape index (κ3) is 5.57. The predicted octanol–water partition coefficient (Wildman–Crippen LogP) is 5.61. The Kier molecular flexibility index (Phi) is 6.78. The number of nitro benzene ring substituents is 2. The summed E-state index contributed by atoms with van der Waals surface area (Å²) in [5.74, 6) is -0.918. The summed E-state index contributed by atoms with van der Waals surface area (Å²) < 4.78 is 10.6. The van der Waals surface area contributed by atoms with E-state index in [2.05, 4.69) is 0 Å². The summed E-state index contributed by atoms with van der Waals surface area (Å²) in [6.45, 7) is 0. The smallest absolute Gasteiger partial charge is 0.343 e. The molecule has 0 aliphatic rings. The molecule has 0 aliphatic heterocycles. The van der Waals surface area contributed by atoms with Gasteiger partial charge in [-0.15, -0.1) is 0 Å². The largest absolute Gasteiger partial charge is 0.423 e. The number of benzene rings is 4. The molecule has 0 N–H and O–H groups in total. The minimum Gasteiger partial charge on any atom is -0.423 e. The highest BCUT2D eigenvalue weighted by Gasteiger charge is 2.15. The number of carbonyl (C=O) groups excluding carboxylic acids is 2. The van der Waals surface area contributed by atoms with Gasteiger partial charge in [0, 0.05) is 24.3 Å². The van der Waals surface area contributed by atoms with Gasteiger partial charge in [0.05, 0.1) is 21.0 Å². The van der Waals surface area contributed by atoms with Gasteiger partial charge in [-0.25, -0.2) is 9.59 Å². The molecule has 0 aliphatic carbocycles. The van der Waals surface area contributed by atoms with Gasteiger partial charge in [-0.3, -0.25) is 20.2 Å². The van der Waals surface area contributed by atoms with E-state index in [1.807, 2.05) is 0 Å². The Balaban J connectivity index is 1.40. The maximum atomic E-state index is 12.3. The Morgan fingerprint density at radius 2 is 0.917 bits per heavy atom. The summed E-state index contributed by atoms with van der Waals surface area (Å²) in [5.41, 5.74) is 1.29. The maximum Gasteiger partial charge on any atom is 0.343 e. The van der Waals surface area contributed by atoms with Crippen LogP contribution in [0.25, 0.3) is 11.1 Å². The monoisotopic (exact) mass is 484 g/mol. The molecule has 0 fully saturated rings. The highest BCUT2D eigenvalue weighted by molar-refractivity contribution is 5.92. The molecule has 0 bridgehead atoms. The molecule has 0 aromatic heterocycles. The number of hydrogen-bond donors (Lipinski definition) is 0. The fraction of sp³-hybridized carbons (Fsp3) is 0. The van der Waals surface area contributed by atoms with Crippen LogP contribution in [-0.4, -0.2) is 21.8 Å². The van der Waals surface area contributed by atoms with Gasteiger partial charge in [0.25, 0.3) is 11.4 Å². The summed E-state index contributed by atoms with van der Waals surface area (Å²) >= 11 is 0. The van der Waals surface area contributed by atoms with E-state index in [1.165, 1.54) is 36.4 Å². The molecule has 0 unspecified atom stereocenters. The van der Waals surface area contributed by atoms with Gasteiger partial charge < -0.3 is 9.47 Å². The van der Waals surface area contributed by atoms with E-state index in [4.69, 9.17) is 9.47 Å². The van der Waals surface area contributed by atoms with Gasteiger partial charge in [-0.05, 0) is 47.5 Å². The SMILES string of the molecule is O=C(Oc1ccc(-c2ccc(OC(=O)c3cccc([N+](=O)[O-])c3)cc2)cc1)c1cccc([N+](=O)[O-])c1. The van der Waals surface area contributed by atoms with Crippen LogP contribution in [0.15, 0.2) is 97.1 Å². The number of nitrogens with zero attached hydrogens (tertiary/aromatic N) is 2. The lowest BCUT2D eigenvalue weighted by atomic mass is 10.1. The minimum absolute atomic E-state index is 0.0588. The molecule has 178 valence electrons. The van der Waals surface area contributed by atoms with Crippen molar-refractivity contribution in [3.8, 4) is 22.6 Å². The van der Waals surface area contributed by atoms with Crippen LogP contribution in [0.1, 0.15) is 20.7 Å². The zero-order valence-corrected chi connectivity index (χ0v) is 18.4. The molecule has 4 aromatic carbocycles. The number of non-ortho nitro benzene ring substituents is 2. The molecule has 0 atom stereocenters. The van der Waals surface area contributed by atoms with Crippen LogP contribution in [0.3, 0.4) is 0 Å². The zero-order chi connectivity index (χ0) is 25.7. The molecule has 0 amide bonds. The fourth-order valence-corrected chi connectivity index (χ4v) is 3.26. The van der Waals surface area contributed by atoms with Gasteiger partial charge in [-0.1, -0.05) is 36.4 Å². The lowest BCUT2D eigenvalue weighted by Crippen LogP contribution is -2.08. The summed E-state index contributed by atoms with van der Waals surface area (Å²) in [6, 6.07) is 23.7. The summed E-state index contributed by atoms with van der Waals surface area (Å²) in [7, 11) is 0. The van der Waals surface area contributed by atoms with Crippen LogP contribution in [-0.2, 0) is 0 Å². The van der Waals surface area contributed by atoms with Crippen molar-refractivity contribution in [2.45, 2.75) is 0 Å². The Morgan fingerprint density at radius 3 is 1.25 bits per heavy atom. The van der Waals surface area contributed by atoms with Crippen LogP contribution in [0.2, 0.25) is 0 Å². The number of hydrogen-bond acceptors (Lipinski definition) is 8. The predicted molar refractivity (Wildman–Crippen MR) is 128 cm³/mol. The molecular formula is C26H16N2O8. The first-order chi connectivity index (χ1) is 17.3. The third-order valence-electron chi connectivity index (χ3n) is 5.05. The van der Waals surface area contributed by atoms with Crippen LogP contribution >= 0.6 is 0 Å². The van der Waals surface area contributed by atoms with Crippen molar-refractivity contribution in [1.29, 1.82) is 0 Å². The molecule has 0 spiro atoms. The van der Waals surface area contributed by atoms with Crippen LogP contribution < -0.4 is 9.47 Å². The molecule has 10 nitrogen and oxygen atoms in total. The first-order valence-electron chi connectivity index (χ1n) is 10.4. The lowest BCUT2D eigenvalue weighted by Gasteiger charge is -2.08. The highest BCUT2D eigenvalue weighted by atomic mass is 16.6. The van der Waals surface area contributed by atoms with Crippen LogP contribution in [0.5, 0.6) is 11.5 Å². The van der Waals surface area contributed by atoms with Crippen molar-refractivity contribution in [2.75, 3.05) is 0 Å². The Hall–Kier alpha value is -5.38. The average molecular weight is 484 g/mol. The van der Waals surface area contributed by atoms with Gasteiger partial charge in [0.1, 0.15) is 11.5 Å². The summed E-state index contributed by atoms with van der Waals surface area (Å²) in [6.07, 6.45) is 0. The topological polar surface area (TPSA) is 139 Å². The second kappa shape index (κ2) is 10.3. The molecule has 4 rings (SSSR count). The maximum absolute atomic E-state index is 12.3.